The molecule has 1 N–H and O–H groups in total. The van der Waals surface area contributed by atoms with Gasteiger partial charge in [0.2, 0.25) is 11.8 Å². The first-order chi connectivity index (χ1) is 55.0. The van der Waals surface area contributed by atoms with Gasteiger partial charge in [0, 0.05) is 30.7 Å². The number of nitrogens with zero attached hydrogens (tertiary/aromatic N) is 2. The van der Waals surface area contributed by atoms with Crippen molar-refractivity contribution in [2.45, 2.75) is 434 Å². The number of halogens is 3. The maximum absolute atomic E-state index is 13.6. The third-order valence-electron chi connectivity index (χ3n) is 22.4. The average Bonchev–Trinajstić information content (AvgIpc) is 0.830. The van der Waals surface area contributed by atoms with Crippen LogP contribution in [-0.2, 0) is 34.5 Å². The summed E-state index contributed by atoms with van der Waals surface area (Å²) in [6.45, 7) is 31.0. The van der Waals surface area contributed by atoms with E-state index in [0.29, 0.717) is 23.6 Å². The van der Waals surface area contributed by atoms with E-state index < -0.39 is 37.5 Å². The second-order valence-electron chi connectivity index (χ2n) is 37.0. The quantitative estimate of drug-likeness (QED) is 0.0183. The summed E-state index contributed by atoms with van der Waals surface area (Å²) in [6, 6.07) is 19.7. The van der Waals surface area contributed by atoms with Crippen molar-refractivity contribution in [3.63, 3.8) is 0 Å². The van der Waals surface area contributed by atoms with Crippen molar-refractivity contribution in [1.29, 1.82) is 0 Å². The Morgan fingerprint density at radius 2 is 0.701 bits per heavy atom. The van der Waals surface area contributed by atoms with E-state index in [2.05, 4.69) is 99.8 Å². The van der Waals surface area contributed by atoms with Gasteiger partial charge in [-0.2, -0.15) is 13.2 Å². The smallest absolute Gasteiger partial charge is 0.652 e. The largest absolute Gasteiger partial charge is 2.00 e. The van der Waals surface area contributed by atoms with Gasteiger partial charge in [-0.25, -0.2) is 9.36 Å². The van der Waals surface area contributed by atoms with Crippen LogP contribution in [0.5, 0.6) is 11.5 Å². The number of carbonyl (C=O) groups is 5. The SMILES string of the molecule is CC(C)(C)CC(C)(C)c1ccc(OP(=O)(O)Oc2ccc(C(C)(C)CC(C)(C)C)cc2)cc1.CCCCCCCCCCCCCCCCCCN(CCCCCCCCCCCCCCCCCC)C(=O)COCC(=O)N(C1CCCCC1)C1CCCCC1.CCCCCCCOC(=O)c1ccc(C(=O)C(F)(F)F)cc1.O=C([O-])[O-].[Ca+2]. The number of ketones is 1. The topological polar surface area (TPSA) is 212 Å². The monoisotopic (exact) mass is 1690 g/mol. The van der Waals surface area contributed by atoms with Crippen LogP contribution in [0.15, 0.2) is 72.8 Å². The van der Waals surface area contributed by atoms with Crippen molar-refractivity contribution in [3.8, 4) is 11.5 Å². The fraction of sp³-hybridized carbons (Fsp3) is 0.763. The van der Waals surface area contributed by atoms with Crippen LogP contribution in [0.2, 0.25) is 0 Å². The van der Waals surface area contributed by atoms with Gasteiger partial charge < -0.3 is 43.3 Å². The molecule has 2 aliphatic carbocycles. The number of ether oxygens (including phenoxy) is 2. The van der Waals surface area contributed by atoms with Crippen LogP contribution in [0.3, 0.4) is 0 Å². The molecule has 0 bridgehead atoms. The molecule has 666 valence electrons. The Morgan fingerprint density at radius 1 is 0.419 bits per heavy atom. The number of carbonyl (C=O) groups excluding carboxylic acids is 5. The second kappa shape index (κ2) is 63.7. The molecule has 3 aromatic carbocycles. The van der Waals surface area contributed by atoms with Gasteiger partial charge in [-0.15, -0.1) is 0 Å². The zero-order valence-electron chi connectivity index (χ0n) is 75.8. The molecule has 2 fully saturated rings. The van der Waals surface area contributed by atoms with E-state index in [-0.39, 0.29) is 96.6 Å². The molecule has 0 radical (unpaired) electrons. The molecule has 2 amide bonds. The molecule has 0 aliphatic heterocycles. The van der Waals surface area contributed by atoms with Gasteiger partial charge in [0.05, 0.1) is 12.2 Å². The third kappa shape index (κ3) is 55.5. The van der Waals surface area contributed by atoms with Crippen LogP contribution < -0.4 is 19.3 Å². The Kier molecular flexibility index (Phi) is 60.3. The minimum absolute atomic E-state index is 0. The van der Waals surface area contributed by atoms with E-state index in [9.17, 15) is 41.8 Å². The summed E-state index contributed by atoms with van der Waals surface area (Å²) in [5.74, 6) is -1.70. The third-order valence-corrected chi connectivity index (χ3v) is 23.3. The molecule has 2 saturated carbocycles. The van der Waals surface area contributed by atoms with E-state index in [1.54, 1.807) is 24.3 Å². The van der Waals surface area contributed by atoms with E-state index in [0.717, 1.165) is 120 Å². The summed E-state index contributed by atoms with van der Waals surface area (Å²) in [5, 5.41) is 16.7. The first-order valence-electron chi connectivity index (χ1n) is 45.9. The number of esters is 1. The molecule has 0 saturated heterocycles. The number of phosphoric acid groups is 1. The molecule has 0 aromatic heterocycles. The summed E-state index contributed by atoms with van der Waals surface area (Å²) >= 11 is 0. The molecule has 5 rings (SSSR count). The van der Waals surface area contributed by atoms with Crippen molar-refractivity contribution in [1.82, 2.24) is 9.80 Å². The molecule has 0 atom stereocenters. The molecule has 20 heteroatoms. The number of benzene rings is 3. The Balaban J connectivity index is 0.000000953. The molecule has 117 heavy (non-hydrogen) atoms. The summed E-state index contributed by atoms with van der Waals surface area (Å²) < 4.78 is 71.0. The molecule has 2 aliphatic rings. The van der Waals surface area contributed by atoms with Gasteiger partial charge in [0.25, 0.3) is 5.78 Å². The molecule has 0 unspecified atom stereocenters. The van der Waals surface area contributed by atoms with Crippen LogP contribution >= 0.6 is 7.82 Å². The molecule has 3 aromatic rings. The van der Waals surface area contributed by atoms with E-state index >= 15 is 0 Å². The zero-order valence-corrected chi connectivity index (χ0v) is 78.9. The number of rotatable bonds is 56. The van der Waals surface area contributed by atoms with Gasteiger partial charge >= 0.3 is 57.7 Å². The summed E-state index contributed by atoms with van der Waals surface area (Å²) in [7, 11) is -4.31. The van der Waals surface area contributed by atoms with Gasteiger partial charge in [-0.05, 0) is 133 Å². The normalized spacial score (nSPS) is 13.6. The van der Waals surface area contributed by atoms with Gasteiger partial charge in [-0.3, -0.25) is 19.3 Å². The molecule has 0 heterocycles. The van der Waals surface area contributed by atoms with Crippen LogP contribution in [0.4, 0.5) is 18.0 Å². The Morgan fingerprint density at radius 3 is 1.00 bits per heavy atom. The predicted molar refractivity (Wildman–Crippen MR) is 472 cm³/mol. The Hall–Kier alpha value is -4.19. The fourth-order valence-corrected chi connectivity index (χ4v) is 17.6. The predicted octanol–water partition coefficient (Wildman–Crippen LogP) is 26.3. The van der Waals surface area contributed by atoms with Crippen molar-refractivity contribution in [2.24, 2.45) is 10.8 Å². The van der Waals surface area contributed by atoms with Crippen LogP contribution in [-0.4, -0.2) is 133 Å². The number of phosphoric ester groups is 1. The first kappa shape index (κ1) is 111. The van der Waals surface area contributed by atoms with Crippen molar-refractivity contribution in [2.75, 3.05) is 32.9 Å². The van der Waals surface area contributed by atoms with Crippen LogP contribution in [0.1, 0.15) is 436 Å². The Labute approximate surface area is 739 Å². The minimum atomic E-state index is -4.92. The number of amides is 2. The van der Waals surface area contributed by atoms with Crippen LogP contribution in [0, 0.1) is 10.8 Å². The molecule has 0 spiro atoms. The first-order valence-corrected chi connectivity index (χ1v) is 47.4. The number of hydrogen-bond donors (Lipinski definition) is 1. The maximum Gasteiger partial charge on any atom is 2.00 e. The molecule has 15 nitrogen and oxygen atoms in total. The van der Waals surface area contributed by atoms with Crippen molar-refractivity contribution < 1.29 is 75.3 Å². The minimum Gasteiger partial charge on any atom is -0.652 e. The molecular formula is C97H162CaF3N2O13P. The number of hydrogen-bond acceptors (Lipinski definition) is 12. The number of unbranched alkanes of at least 4 members (excludes halogenated alkanes) is 34. The van der Waals surface area contributed by atoms with Crippen molar-refractivity contribution >= 4 is 75.3 Å². The fourth-order valence-electron chi connectivity index (χ4n) is 16.8. The van der Waals surface area contributed by atoms with Gasteiger partial charge in [0.15, 0.2) is 0 Å². The average molecular weight is 1690 g/mol. The number of carboxylic acid groups (broad SMARTS) is 2. The van der Waals surface area contributed by atoms with E-state index in [1.807, 2.05) is 24.3 Å². The summed E-state index contributed by atoms with van der Waals surface area (Å²) in [6.07, 6.45) is 55.5. The van der Waals surface area contributed by atoms with E-state index in [1.165, 1.54) is 243 Å². The maximum atomic E-state index is 13.6. The molecular weight excluding hydrogens is 1530 g/mol. The number of Topliss-reactive ketones (excluding diaryl/α,β-unsaturated/α-hetero) is 1. The van der Waals surface area contributed by atoms with Gasteiger partial charge in [0.1, 0.15) is 24.7 Å². The summed E-state index contributed by atoms with van der Waals surface area (Å²) in [4.78, 5) is 72.8. The van der Waals surface area contributed by atoms with Crippen LogP contribution in [0.25, 0.3) is 0 Å². The van der Waals surface area contributed by atoms with E-state index in [4.69, 9.17) is 33.5 Å². The standard InChI is InChI=1S/C52H100N2O3.C28H43O4P.C16H19F3O3.CH2O3.Ca/c1-3-5-7-9-11-13-15-17-19-21-23-25-27-29-31-39-45-53(46-40-32-30-28-26-24-22-20-18-16-14-12-10-8-6-4-2)51(55)47-57-48-52(56)54(49-41-35-33-36-42-49)50-43-37-34-38-44-50;1-25(2,3)19-27(7,8)21-11-15-23(16-12-21)31-33(29,30)32-24-17-13-22(14-18-24)28(9,10)20-26(4,5)6;1-2-3-4-5-6-11-22-15(21)13-9-7-12(8-10-13)14(20)16(17,18)19;2-1(3)4;/h49-50H,3-48H2,1-2H3;11-18H,19-20H2,1-10H3,(H,29,30);7-10H,2-6,11H2,1H3;(H2,2,3,4);/q;;;;+2/p-2. The Bertz CT molecular complexity index is 2950. The zero-order chi connectivity index (χ0) is 86.2. The van der Waals surface area contributed by atoms with Crippen molar-refractivity contribution in [3.05, 3.63) is 95.1 Å². The number of alkyl halides is 3. The second-order valence-corrected chi connectivity index (χ2v) is 38.3. The van der Waals surface area contributed by atoms with Gasteiger partial charge in [-0.1, -0.05) is 383 Å². The summed E-state index contributed by atoms with van der Waals surface area (Å²) in [5.41, 5.74) is 2.32.